The molecule has 26 heavy (non-hydrogen) atoms. The molecule has 2 aromatic heterocycles. The normalized spacial score (nSPS) is 22.1. The van der Waals surface area contributed by atoms with Crippen LogP contribution in [0.4, 0.5) is 5.82 Å². The summed E-state index contributed by atoms with van der Waals surface area (Å²) in [5.41, 5.74) is 1.14. The minimum atomic E-state index is 0.00513. The van der Waals surface area contributed by atoms with Crippen LogP contribution < -0.4 is 10.6 Å². The summed E-state index contributed by atoms with van der Waals surface area (Å²) in [5.74, 6) is 1.49. The van der Waals surface area contributed by atoms with Crippen molar-refractivity contribution in [3.05, 3.63) is 42.4 Å². The number of carbonyl (C=O) groups excluding carboxylic acids is 1. The Kier molecular flexibility index (Phi) is 4.99. The van der Waals surface area contributed by atoms with Crippen LogP contribution in [0.2, 0.25) is 0 Å². The van der Waals surface area contributed by atoms with E-state index in [1.54, 1.807) is 12.4 Å². The van der Waals surface area contributed by atoms with E-state index in [1.807, 2.05) is 23.0 Å². The third-order valence-corrected chi connectivity index (χ3v) is 5.40. The Morgan fingerprint density at radius 2 is 2.27 bits per heavy atom. The average Bonchev–Trinajstić information content (AvgIpc) is 3.42. The minimum Gasteiger partial charge on any atom is -0.314 e. The Morgan fingerprint density at radius 1 is 1.38 bits per heavy atom. The van der Waals surface area contributed by atoms with Crippen molar-refractivity contribution in [2.45, 2.75) is 31.8 Å². The molecule has 3 heterocycles. The predicted octanol–water partition coefficient (Wildman–Crippen LogP) is 1.83. The summed E-state index contributed by atoms with van der Waals surface area (Å²) in [6.07, 6.45) is 7.93. The van der Waals surface area contributed by atoms with Gasteiger partial charge in [-0.25, -0.2) is 4.68 Å². The number of aromatic nitrogens is 3. The number of amides is 1. The number of pyridine rings is 1. The van der Waals surface area contributed by atoms with Crippen LogP contribution in [0.25, 0.3) is 0 Å². The fraction of sp³-hybridized carbons (Fsp3) is 0.526. The molecule has 1 amide bonds. The second kappa shape index (κ2) is 7.55. The molecule has 4 rings (SSSR count). The third-order valence-electron chi connectivity index (χ3n) is 5.40. The van der Waals surface area contributed by atoms with Gasteiger partial charge in [0.15, 0.2) is 0 Å². The molecule has 2 aliphatic rings. The molecule has 1 aliphatic carbocycles. The van der Waals surface area contributed by atoms with Crippen molar-refractivity contribution in [2.75, 3.05) is 31.5 Å². The van der Waals surface area contributed by atoms with Crippen LogP contribution in [0.1, 0.15) is 37.4 Å². The Morgan fingerprint density at radius 3 is 3.04 bits per heavy atom. The zero-order valence-corrected chi connectivity index (χ0v) is 15.1. The van der Waals surface area contributed by atoms with Crippen LogP contribution in [-0.4, -0.2) is 51.8 Å². The van der Waals surface area contributed by atoms with Crippen molar-refractivity contribution in [1.82, 2.24) is 25.0 Å². The van der Waals surface area contributed by atoms with Crippen LogP contribution in [-0.2, 0) is 4.79 Å². The highest BCUT2D eigenvalue weighted by atomic mass is 16.2. The average molecular weight is 354 g/mol. The lowest BCUT2D eigenvalue weighted by molar-refractivity contribution is -0.118. The molecule has 0 radical (unpaired) electrons. The SMILES string of the molecule is CC(C1CC1)n1nccc1NC(=O)CN1CCNCC1c1cccnc1. The quantitative estimate of drug-likeness (QED) is 0.828. The lowest BCUT2D eigenvalue weighted by Crippen LogP contribution is -2.48. The van der Waals surface area contributed by atoms with E-state index in [2.05, 4.69) is 38.6 Å². The molecule has 2 N–H and O–H groups in total. The molecule has 0 spiro atoms. The standard InChI is InChI=1S/C19H26N6O/c1-14(15-4-5-15)25-18(6-8-22-25)23-19(26)13-24-10-9-21-12-17(24)16-3-2-7-20-11-16/h2-3,6-8,11,14-15,17,21H,4-5,9-10,12-13H2,1H3,(H,23,26). The Labute approximate surface area is 153 Å². The molecular formula is C19H26N6O. The van der Waals surface area contributed by atoms with E-state index in [1.165, 1.54) is 12.8 Å². The Balaban J connectivity index is 1.41. The van der Waals surface area contributed by atoms with Crippen LogP contribution in [0.5, 0.6) is 0 Å². The van der Waals surface area contributed by atoms with E-state index in [-0.39, 0.29) is 11.9 Å². The van der Waals surface area contributed by atoms with Crippen LogP contribution in [0.3, 0.4) is 0 Å². The molecule has 2 unspecified atom stereocenters. The van der Waals surface area contributed by atoms with Gasteiger partial charge in [0.05, 0.1) is 18.8 Å². The summed E-state index contributed by atoms with van der Waals surface area (Å²) in [4.78, 5) is 19.1. The van der Waals surface area contributed by atoms with E-state index >= 15 is 0 Å². The first-order valence-corrected chi connectivity index (χ1v) is 9.40. The molecule has 0 aromatic carbocycles. The van der Waals surface area contributed by atoms with Crippen molar-refractivity contribution in [1.29, 1.82) is 0 Å². The molecule has 7 nitrogen and oxygen atoms in total. The highest BCUT2D eigenvalue weighted by molar-refractivity contribution is 5.91. The topological polar surface area (TPSA) is 75.1 Å². The third kappa shape index (κ3) is 3.78. The van der Waals surface area contributed by atoms with Crippen LogP contribution in [0.15, 0.2) is 36.8 Å². The van der Waals surface area contributed by atoms with Gasteiger partial charge < -0.3 is 10.6 Å². The first-order valence-electron chi connectivity index (χ1n) is 9.40. The summed E-state index contributed by atoms with van der Waals surface area (Å²) >= 11 is 0. The fourth-order valence-corrected chi connectivity index (χ4v) is 3.72. The van der Waals surface area contributed by atoms with E-state index in [0.29, 0.717) is 18.5 Å². The maximum atomic E-state index is 12.7. The van der Waals surface area contributed by atoms with Gasteiger partial charge in [0.25, 0.3) is 0 Å². The highest BCUT2D eigenvalue weighted by Gasteiger charge is 2.31. The first kappa shape index (κ1) is 17.2. The second-order valence-corrected chi connectivity index (χ2v) is 7.26. The van der Waals surface area contributed by atoms with Gasteiger partial charge in [0, 0.05) is 44.1 Å². The molecule has 138 valence electrons. The van der Waals surface area contributed by atoms with Crippen LogP contribution >= 0.6 is 0 Å². The molecule has 0 bridgehead atoms. The predicted molar refractivity (Wildman–Crippen MR) is 99.7 cm³/mol. The number of piperazine rings is 1. The van der Waals surface area contributed by atoms with E-state index < -0.39 is 0 Å². The van der Waals surface area contributed by atoms with Gasteiger partial charge in [-0.1, -0.05) is 6.07 Å². The van der Waals surface area contributed by atoms with E-state index in [0.717, 1.165) is 31.0 Å². The molecular weight excluding hydrogens is 328 g/mol. The van der Waals surface area contributed by atoms with Crippen molar-refractivity contribution in [3.8, 4) is 0 Å². The second-order valence-electron chi connectivity index (χ2n) is 7.26. The molecule has 1 saturated heterocycles. The smallest absolute Gasteiger partial charge is 0.239 e. The maximum absolute atomic E-state index is 12.7. The number of hydrogen-bond acceptors (Lipinski definition) is 5. The summed E-state index contributed by atoms with van der Waals surface area (Å²) < 4.78 is 1.95. The molecule has 2 aromatic rings. The zero-order valence-electron chi connectivity index (χ0n) is 15.1. The van der Waals surface area contributed by atoms with Crippen molar-refractivity contribution in [3.63, 3.8) is 0 Å². The monoisotopic (exact) mass is 354 g/mol. The summed E-state index contributed by atoms with van der Waals surface area (Å²) in [6, 6.07) is 6.40. The van der Waals surface area contributed by atoms with Gasteiger partial charge in [-0.2, -0.15) is 5.10 Å². The minimum absolute atomic E-state index is 0.00513. The zero-order chi connectivity index (χ0) is 17.9. The summed E-state index contributed by atoms with van der Waals surface area (Å²) in [7, 11) is 0. The lowest BCUT2D eigenvalue weighted by Gasteiger charge is -2.35. The highest BCUT2D eigenvalue weighted by Crippen LogP contribution is 2.40. The molecule has 7 heteroatoms. The molecule has 1 aliphatic heterocycles. The van der Waals surface area contributed by atoms with Crippen molar-refractivity contribution >= 4 is 11.7 Å². The number of hydrogen-bond donors (Lipinski definition) is 2. The van der Waals surface area contributed by atoms with Crippen LogP contribution in [0, 0.1) is 5.92 Å². The van der Waals surface area contributed by atoms with Crippen molar-refractivity contribution in [2.24, 2.45) is 5.92 Å². The summed E-state index contributed by atoms with van der Waals surface area (Å²) in [6.45, 7) is 5.10. The Bertz CT molecular complexity index is 741. The van der Waals surface area contributed by atoms with Gasteiger partial charge in [0.2, 0.25) is 5.91 Å². The molecule has 2 fully saturated rings. The summed E-state index contributed by atoms with van der Waals surface area (Å²) in [5, 5.41) is 10.9. The van der Waals surface area contributed by atoms with E-state index in [9.17, 15) is 4.79 Å². The number of nitrogens with zero attached hydrogens (tertiary/aromatic N) is 4. The first-order chi connectivity index (χ1) is 12.7. The lowest BCUT2D eigenvalue weighted by atomic mass is 10.1. The number of rotatable bonds is 6. The number of nitrogens with one attached hydrogen (secondary N) is 2. The molecule has 2 atom stereocenters. The van der Waals surface area contributed by atoms with Gasteiger partial charge >= 0.3 is 0 Å². The molecule has 1 saturated carbocycles. The van der Waals surface area contributed by atoms with Gasteiger partial charge in [-0.3, -0.25) is 14.7 Å². The Hall–Kier alpha value is -2.25. The van der Waals surface area contributed by atoms with Gasteiger partial charge in [0.1, 0.15) is 5.82 Å². The van der Waals surface area contributed by atoms with Crippen molar-refractivity contribution < 1.29 is 4.79 Å². The largest absolute Gasteiger partial charge is 0.314 e. The van der Waals surface area contributed by atoms with Gasteiger partial charge in [-0.05, 0) is 37.3 Å². The fourth-order valence-electron chi connectivity index (χ4n) is 3.72. The number of anilines is 1. The van der Waals surface area contributed by atoms with Gasteiger partial charge in [-0.15, -0.1) is 0 Å². The maximum Gasteiger partial charge on any atom is 0.239 e. The number of carbonyl (C=O) groups is 1. The van der Waals surface area contributed by atoms with E-state index in [4.69, 9.17) is 0 Å².